The van der Waals surface area contributed by atoms with Crippen molar-refractivity contribution in [3.63, 3.8) is 0 Å². The van der Waals surface area contributed by atoms with E-state index in [9.17, 15) is 23.1 Å². The number of benzene rings is 1. The minimum atomic E-state index is -4.51. The van der Waals surface area contributed by atoms with Gasteiger partial charge in [0, 0.05) is 12.5 Å². The van der Waals surface area contributed by atoms with Gasteiger partial charge in [0.15, 0.2) is 0 Å². The van der Waals surface area contributed by atoms with E-state index in [0.717, 1.165) is 6.07 Å². The van der Waals surface area contributed by atoms with Crippen LogP contribution < -0.4 is 10.6 Å². The van der Waals surface area contributed by atoms with Crippen LogP contribution in [0.1, 0.15) is 39.2 Å². The Balaban J connectivity index is 2.49. The highest BCUT2D eigenvalue weighted by Crippen LogP contribution is 2.34. The fourth-order valence-corrected chi connectivity index (χ4v) is 2.20. The number of aliphatic hydroxyl groups excluding tert-OH is 1. The average molecular weight is 346 g/mol. The van der Waals surface area contributed by atoms with Gasteiger partial charge < -0.3 is 15.7 Å². The molecule has 2 unspecified atom stereocenters. The summed E-state index contributed by atoms with van der Waals surface area (Å²) in [4.78, 5) is 11.9. The van der Waals surface area contributed by atoms with E-state index < -0.39 is 23.8 Å². The molecule has 0 heterocycles. The number of halogens is 3. The first-order chi connectivity index (χ1) is 11.1. The Labute approximate surface area is 140 Å². The zero-order chi connectivity index (χ0) is 18.3. The Kier molecular flexibility index (Phi) is 7.69. The molecule has 0 aromatic heterocycles. The van der Waals surface area contributed by atoms with Crippen molar-refractivity contribution in [1.29, 1.82) is 0 Å². The molecule has 1 aromatic carbocycles. The topological polar surface area (TPSA) is 61.4 Å². The van der Waals surface area contributed by atoms with Crippen LogP contribution in [0.15, 0.2) is 24.3 Å². The van der Waals surface area contributed by atoms with Gasteiger partial charge in [-0.2, -0.15) is 13.2 Å². The van der Waals surface area contributed by atoms with Gasteiger partial charge in [-0.05, 0) is 37.9 Å². The van der Waals surface area contributed by atoms with E-state index in [-0.39, 0.29) is 24.1 Å². The fraction of sp³-hybridized carbons (Fsp3) is 0.588. The van der Waals surface area contributed by atoms with Crippen LogP contribution in [0.5, 0.6) is 0 Å². The minimum absolute atomic E-state index is 0.0456. The number of rotatable bonds is 8. The van der Waals surface area contributed by atoms with Crippen LogP contribution >= 0.6 is 0 Å². The average Bonchev–Trinajstić information content (AvgIpc) is 2.46. The number of hydrogen-bond acceptors (Lipinski definition) is 3. The second-order valence-electron chi connectivity index (χ2n) is 6.25. The molecule has 0 aliphatic heterocycles. The number of carbonyl (C=O) groups excluding carboxylic acids is 1. The lowest BCUT2D eigenvalue weighted by Gasteiger charge is -2.18. The number of alkyl halides is 3. The molecule has 0 saturated heterocycles. The van der Waals surface area contributed by atoms with Crippen LogP contribution in [0.25, 0.3) is 0 Å². The molecule has 7 heteroatoms. The predicted octanol–water partition coefficient (Wildman–Crippen LogP) is 3.42. The Hall–Kier alpha value is -1.60. The van der Waals surface area contributed by atoms with Crippen LogP contribution in [0.3, 0.4) is 0 Å². The third-order valence-corrected chi connectivity index (χ3v) is 3.70. The van der Waals surface area contributed by atoms with Crippen molar-refractivity contribution in [3.8, 4) is 0 Å². The lowest BCUT2D eigenvalue weighted by atomic mass is 10.0. The van der Waals surface area contributed by atoms with Gasteiger partial charge in [-0.15, -0.1) is 0 Å². The molecule has 0 fully saturated rings. The molecule has 0 bridgehead atoms. The molecule has 3 N–H and O–H groups in total. The van der Waals surface area contributed by atoms with E-state index in [2.05, 4.69) is 10.6 Å². The minimum Gasteiger partial charge on any atom is -0.393 e. The van der Waals surface area contributed by atoms with E-state index in [0.29, 0.717) is 13.0 Å². The molecule has 1 amide bonds. The predicted molar refractivity (Wildman–Crippen MR) is 87.6 cm³/mol. The summed E-state index contributed by atoms with van der Waals surface area (Å²) in [5, 5.41) is 15.1. The number of hydrogen-bond donors (Lipinski definition) is 3. The van der Waals surface area contributed by atoms with Crippen LogP contribution in [0.2, 0.25) is 0 Å². The SMILES string of the molecule is CC(CC(=O)Nc1ccccc1C(F)(F)F)NCCC(O)C(C)C. The Morgan fingerprint density at radius 1 is 1.21 bits per heavy atom. The Morgan fingerprint density at radius 3 is 2.42 bits per heavy atom. The van der Waals surface area contributed by atoms with Crippen molar-refractivity contribution in [3.05, 3.63) is 29.8 Å². The van der Waals surface area contributed by atoms with Crippen molar-refractivity contribution >= 4 is 11.6 Å². The van der Waals surface area contributed by atoms with Crippen LogP contribution in [0, 0.1) is 5.92 Å². The molecule has 2 atom stereocenters. The number of anilines is 1. The summed E-state index contributed by atoms with van der Waals surface area (Å²) in [6, 6.07) is 4.69. The first-order valence-corrected chi connectivity index (χ1v) is 7.98. The summed E-state index contributed by atoms with van der Waals surface area (Å²) < 4.78 is 38.6. The first-order valence-electron chi connectivity index (χ1n) is 7.98. The van der Waals surface area contributed by atoms with Gasteiger partial charge in [-0.1, -0.05) is 26.0 Å². The Bertz CT molecular complexity index is 533. The van der Waals surface area contributed by atoms with Gasteiger partial charge in [0.1, 0.15) is 0 Å². The maximum atomic E-state index is 12.9. The molecule has 0 aliphatic carbocycles. The van der Waals surface area contributed by atoms with Gasteiger partial charge in [-0.3, -0.25) is 4.79 Å². The van der Waals surface area contributed by atoms with E-state index in [1.807, 2.05) is 13.8 Å². The van der Waals surface area contributed by atoms with Crippen LogP contribution in [-0.2, 0) is 11.0 Å². The van der Waals surface area contributed by atoms with Crippen LogP contribution in [-0.4, -0.2) is 29.7 Å². The second-order valence-corrected chi connectivity index (χ2v) is 6.25. The van der Waals surface area contributed by atoms with E-state index in [1.165, 1.54) is 18.2 Å². The van der Waals surface area contributed by atoms with Crippen LogP contribution in [0.4, 0.5) is 18.9 Å². The highest BCUT2D eigenvalue weighted by atomic mass is 19.4. The fourth-order valence-electron chi connectivity index (χ4n) is 2.20. The second kappa shape index (κ2) is 9.03. The van der Waals surface area contributed by atoms with Crippen molar-refractivity contribution in [1.82, 2.24) is 5.32 Å². The van der Waals surface area contributed by atoms with E-state index >= 15 is 0 Å². The number of amides is 1. The number of aliphatic hydroxyl groups is 1. The standard InChI is InChI=1S/C17H25F3N2O2/c1-11(2)15(23)8-9-21-12(3)10-16(24)22-14-7-5-4-6-13(14)17(18,19)20/h4-7,11-12,15,21,23H,8-10H2,1-3H3,(H,22,24). The largest absolute Gasteiger partial charge is 0.418 e. The number of carbonyl (C=O) groups is 1. The smallest absolute Gasteiger partial charge is 0.393 e. The van der Waals surface area contributed by atoms with Gasteiger partial charge in [0.25, 0.3) is 0 Å². The molecule has 0 radical (unpaired) electrons. The van der Waals surface area contributed by atoms with Crippen molar-refractivity contribution < 1.29 is 23.1 Å². The number of nitrogens with one attached hydrogen (secondary N) is 2. The molecule has 1 aromatic rings. The van der Waals surface area contributed by atoms with Gasteiger partial charge >= 0.3 is 6.18 Å². The van der Waals surface area contributed by atoms with Gasteiger partial charge in [0.05, 0.1) is 17.4 Å². The zero-order valence-electron chi connectivity index (χ0n) is 14.2. The Morgan fingerprint density at radius 2 is 1.83 bits per heavy atom. The number of para-hydroxylation sites is 1. The maximum absolute atomic E-state index is 12.9. The zero-order valence-corrected chi connectivity index (χ0v) is 14.2. The molecule has 1 rings (SSSR count). The van der Waals surface area contributed by atoms with Crippen molar-refractivity contribution in [2.75, 3.05) is 11.9 Å². The molecule has 0 spiro atoms. The first kappa shape index (κ1) is 20.4. The quantitative estimate of drug-likeness (QED) is 0.676. The molecule has 0 aliphatic rings. The highest BCUT2D eigenvalue weighted by Gasteiger charge is 2.33. The summed E-state index contributed by atoms with van der Waals surface area (Å²) in [6.07, 6.45) is -4.33. The van der Waals surface area contributed by atoms with E-state index in [4.69, 9.17) is 0 Å². The summed E-state index contributed by atoms with van der Waals surface area (Å²) in [7, 11) is 0. The van der Waals surface area contributed by atoms with E-state index in [1.54, 1.807) is 6.92 Å². The monoisotopic (exact) mass is 346 g/mol. The van der Waals surface area contributed by atoms with Crippen molar-refractivity contribution in [2.45, 2.75) is 51.9 Å². The maximum Gasteiger partial charge on any atom is 0.418 e. The third-order valence-electron chi connectivity index (χ3n) is 3.70. The molecular formula is C17H25F3N2O2. The summed E-state index contributed by atoms with van der Waals surface area (Å²) in [5.74, 6) is -0.333. The summed E-state index contributed by atoms with van der Waals surface area (Å²) >= 11 is 0. The molecule has 136 valence electrons. The molecule has 0 saturated carbocycles. The highest BCUT2D eigenvalue weighted by molar-refractivity contribution is 5.92. The molecular weight excluding hydrogens is 321 g/mol. The molecule has 24 heavy (non-hydrogen) atoms. The van der Waals surface area contributed by atoms with Crippen molar-refractivity contribution in [2.24, 2.45) is 5.92 Å². The summed E-state index contributed by atoms with van der Waals surface area (Å²) in [6.45, 7) is 6.14. The third kappa shape index (κ3) is 6.88. The summed E-state index contributed by atoms with van der Waals surface area (Å²) in [5.41, 5.74) is -1.10. The normalized spacial score (nSPS) is 14.5. The van der Waals surface area contributed by atoms with Gasteiger partial charge in [0.2, 0.25) is 5.91 Å². The van der Waals surface area contributed by atoms with Gasteiger partial charge in [-0.25, -0.2) is 0 Å². The lowest BCUT2D eigenvalue weighted by Crippen LogP contribution is -2.33. The molecule has 4 nitrogen and oxygen atoms in total. The lowest BCUT2D eigenvalue weighted by molar-refractivity contribution is -0.137.